The molecule has 1 aromatic carbocycles. The number of halogens is 2. The first-order valence-corrected chi connectivity index (χ1v) is 5.57. The van der Waals surface area contributed by atoms with Crippen molar-refractivity contribution >= 4 is 23.2 Å². The fourth-order valence-corrected chi connectivity index (χ4v) is 1.66. The molecular formula is C11H16Cl2N2. The fraction of sp³-hybridized carbons (Fsp3) is 0.455. The van der Waals surface area contributed by atoms with Gasteiger partial charge >= 0.3 is 0 Å². The van der Waals surface area contributed by atoms with Crippen molar-refractivity contribution in [2.24, 2.45) is 5.73 Å². The highest BCUT2D eigenvalue weighted by Crippen LogP contribution is 2.20. The molecule has 3 N–H and O–H groups in total. The van der Waals surface area contributed by atoms with Gasteiger partial charge in [0.2, 0.25) is 0 Å². The Morgan fingerprint density at radius 1 is 1.33 bits per heavy atom. The van der Waals surface area contributed by atoms with Crippen molar-refractivity contribution in [2.45, 2.75) is 25.9 Å². The molecule has 0 heterocycles. The van der Waals surface area contributed by atoms with Crippen LogP contribution in [0.1, 0.15) is 19.4 Å². The van der Waals surface area contributed by atoms with Crippen molar-refractivity contribution < 1.29 is 0 Å². The molecule has 0 saturated heterocycles. The van der Waals surface area contributed by atoms with Gasteiger partial charge in [0.15, 0.2) is 0 Å². The number of hydrogen-bond acceptors (Lipinski definition) is 2. The minimum absolute atomic E-state index is 0.209. The smallest absolute Gasteiger partial charge is 0.0465 e. The number of nitrogens with two attached hydrogens (primary N) is 1. The fourth-order valence-electron chi connectivity index (χ4n) is 1.18. The average Bonchev–Trinajstić information content (AvgIpc) is 2.07. The lowest BCUT2D eigenvalue weighted by molar-refractivity contribution is 0.466. The van der Waals surface area contributed by atoms with E-state index in [4.69, 9.17) is 28.9 Å². The Kier molecular flexibility index (Phi) is 4.41. The van der Waals surface area contributed by atoms with E-state index in [2.05, 4.69) is 5.32 Å². The van der Waals surface area contributed by atoms with Gasteiger partial charge < -0.3 is 11.1 Å². The monoisotopic (exact) mass is 246 g/mol. The highest BCUT2D eigenvalue weighted by atomic mass is 35.5. The van der Waals surface area contributed by atoms with Gasteiger partial charge in [-0.3, -0.25) is 0 Å². The molecule has 2 nitrogen and oxygen atoms in total. The molecule has 0 unspecified atom stereocenters. The minimum atomic E-state index is -0.209. The maximum Gasteiger partial charge on any atom is 0.0465 e. The molecule has 0 fully saturated rings. The van der Waals surface area contributed by atoms with Crippen LogP contribution in [0.5, 0.6) is 0 Å². The highest BCUT2D eigenvalue weighted by molar-refractivity contribution is 6.35. The Morgan fingerprint density at radius 2 is 2.00 bits per heavy atom. The van der Waals surface area contributed by atoms with Crippen LogP contribution >= 0.6 is 23.2 Å². The van der Waals surface area contributed by atoms with E-state index in [-0.39, 0.29) is 5.54 Å². The summed E-state index contributed by atoms with van der Waals surface area (Å²) in [4.78, 5) is 0. The number of benzene rings is 1. The number of rotatable bonds is 4. The predicted molar refractivity (Wildman–Crippen MR) is 66.4 cm³/mol. The summed E-state index contributed by atoms with van der Waals surface area (Å²) in [5, 5.41) is 4.59. The summed E-state index contributed by atoms with van der Waals surface area (Å²) in [5.74, 6) is 0. The van der Waals surface area contributed by atoms with Gasteiger partial charge in [-0.15, -0.1) is 0 Å². The zero-order valence-corrected chi connectivity index (χ0v) is 10.5. The van der Waals surface area contributed by atoms with Crippen LogP contribution in [0, 0.1) is 0 Å². The van der Waals surface area contributed by atoms with Crippen molar-refractivity contribution in [2.75, 3.05) is 6.54 Å². The van der Waals surface area contributed by atoms with E-state index in [1.807, 2.05) is 26.0 Å². The second kappa shape index (κ2) is 5.17. The van der Waals surface area contributed by atoms with Crippen LogP contribution in [0.15, 0.2) is 18.2 Å². The third kappa shape index (κ3) is 4.85. The summed E-state index contributed by atoms with van der Waals surface area (Å²) in [6.45, 7) is 5.40. The molecule has 1 aromatic rings. The van der Waals surface area contributed by atoms with E-state index in [0.29, 0.717) is 16.6 Å². The van der Waals surface area contributed by atoms with E-state index in [1.165, 1.54) is 0 Å². The molecule has 0 radical (unpaired) electrons. The first-order chi connectivity index (χ1) is 6.88. The van der Waals surface area contributed by atoms with Gasteiger partial charge in [0.05, 0.1) is 0 Å². The quantitative estimate of drug-likeness (QED) is 0.858. The van der Waals surface area contributed by atoms with E-state index >= 15 is 0 Å². The van der Waals surface area contributed by atoms with Crippen LogP contribution in [0.4, 0.5) is 0 Å². The molecule has 0 atom stereocenters. The summed E-state index contributed by atoms with van der Waals surface area (Å²) in [5.41, 5.74) is 6.67. The predicted octanol–water partition coefficient (Wildman–Crippen LogP) is 2.82. The van der Waals surface area contributed by atoms with Crippen LogP contribution in [0.25, 0.3) is 0 Å². The molecule has 0 aromatic heterocycles. The van der Waals surface area contributed by atoms with Gasteiger partial charge in [-0.25, -0.2) is 0 Å². The lowest BCUT2D eigenvalue weighted by atomic mass is 10.1. The molecule has 0 aliphatic carbocycles. The molecule has 15 heavy (non-hydrogen) atoms. The normalized spacial score (nSPS) is 11.8. The maximum atomic E-state index is 6.02. The van der Waals surface area contributed by atoms with Crippen molar-refractivity contribution in [3.8, 4) is 0 Å². The second-order valence-electron chi connectivity index (χ2n) is 4.33. The Bertz CT molecular complexity index is 332. The van der Waals surface area contributed by atoms with Gasteiger partial charge in [0.1, 0.15) is 0 Å². The van der Waals surface area contributed by atoms with Gasteiger partial charge in [0.25, 0.3) is 0 Å². The summed E-state index contributed by atoms with van der Waals surface area (Å²) >= 11 is 11.8. The third-order valence-electron chi connectivity index (χ3n) is 1.91. The minimum Gasteiger partial charge on any atom is -0.324 e. The molecular weight excluding hydrogens is 231 g/mol. The Hall–Kier alpha value is -0.280. The van der Waals surface area contributed by atoms with E-state index in [1.54, 1.807) is 6.07 Å². The van der Waals surface area contributed by atoms with Crippen LogP contribution in [-0.4, -0.2) is 12.1 Å². The highest BCUT2D eigenvalue weighted by Gasteiger charge is 2.09. The molecule has 0 spiro atoms. The topological polar surface area (TPSA) is 38.0 Å². The van der Waals surface area contributed by atoms with Crippen LogP contribution in [0.3, 0.4) is 0 Å². The maximum absolute atomic E-state index is 6.02. The first kappa shape index (κ1) is 12.8. The Morgan fingerprint density at radius 3 is 2.53 bits per heavy atom. The number of hydrogen-bond donors (Lipinski definition) is 2. The van der Waals surface area contributed by atoms with Gasteiger partial charge in [-0.1, -0.05) is 29.3 Å². The van der Waals surface area contributed by atoms with Crippen molar-refractivity contribution in [1.82, 2.24) is 5.32 Å². The largest absolute Gasteiger partial charge is 0.324 e. The molecule has 0 bridgehead atoms. The van der Waals surface area contributed by atoms with Crippen LogP contribution in [0.2, 0.25) is 10.0 Å². The van der Waals surface area contributed by atoms with Gasteiger partial charge in [0, 0.05) is 28.7 Å². The third-order valence-corrected chi connectivity index (χ3v) is 2.50. The molecule has 0 aliphatic heterocycles. The van der Waals surface area contributed by atoms with Gasteiger partial charge in [-0.05, 0) is 31.5 Å². The molecule has 4 heteroatoms. The van der Waals surface area contributed by atoms with E-state index in [0.717, 1.165) is 12.1 Å². The first-order valence-electron chi connectivity index (χ1n) is 4.82. The zero-order chi connectivity index (χ0) is 11.5. The second-order valence-corrected chi connectivity index (χ2v) is 5.17. The number of nitrogens with one attached hydrogen (secondary N) is 1. The average molecular weight is 247 g/mol. The lowest BCUT2D eigenvalue weighted by Crippen LogP contribution is -2.42. The summed E-state index contributed by atoms with van der Waals surface area (Å²) in [7, 11) is 0. The Balaban J connectivity index is 2.51. The SMILES string of the molecule is CC(C)(N)CNCc1ccc(Cl)cc1Cl. The summed E-state index contributed by atoms with van der Waals surface area (Å²) < 4.78 is 0. The van der Waals surface area contributed by atoms with E-state index in [9.17, 15) is 0 Å². The summed E-state index contributed by atoms with van der Waals surface area (Å²) in [6, 6.07) is 5.49. The van der Waals surface area contributed by atoms with E-state index < -0.39 is 0 Å². The zero-order valence-electron chi connectivity index (χ0n) is 8.98. The van der Waals surface area contributed by atoms with Crippen molar-refractivity contribution in [3.63, 3.8) is 0 Å². The molecule has 1 rings (SSSR count). The van der Waals surface area contributed by atoms with Crippen molar-refractivity contribution in [3.05, 3.63) is 33.8 Å². The molecule has 0 saturated carbocycles. The molecule has 0 amide bonds. The standard InChI is InChI=1S/C11H16Cl2N2/c1-11(2,14)7-15-6-8-3-4-9(12)5-10(8)13/h3-5,15H,6-7,14H2,1-2H3. The molecule has 84 valence electrons. The molecule has 0 aliphatic rings. The van der Waals surface area contributed by atoms with Crippen molar-refractivity contribution in [1.29, 1.82) is 0 Å². The van der Waals surface area contributed by atoms with Crippen LogP contribution < -0.4 is 11.1 Å². The summed E-state index contributed by atoms with van der Waals surface area (Å²) in [6.07, 6.45) is 0. The Labute approximate surface area is 101 Å². The van der Waals surface area contributed by atoms with Gasteiger partial charge in [-0.2, -0.15) is 0 Å². The van der Waals surface area contributed by atoms with Crippen LogP contribution in [-0.2, 0) is 6.54 Å². The lowest BCUT2D eigenvalue weighted by Gasteiger charge is -2.19.